The average Bonchev–Trinajstić information content (AvgIpc) is 4.07. The number of ether oxygens (including phenoxy) is 5. The Morgan fingerprint density at radius 2 is 1.74 bits per heavy atom. The fourth-order valence-electron chi connectivity index (χ4n) is 10.6. The summed E-state index contributed by atoms with van der Waals surface area (Å²) in [7, 11) is 3.40. The summed E-state index contributed by atoms with van der Waals surface area (Å²) in [5, 5.41) is 29.6. The molecular weight excluding hydrogens is 877 g/mol. The van der Waals surface area contributed by atoms with Crippen molar-refractivity contribution in [3.05, 3.63) is 48.9 Å². The highest BCUT2D eigenvalue weighted by Crippen LogP contribution is 2.43. The number of hydrogen-bond donors (Lipinski definition) is 2. The Hall–Kier alpha value is -4.66. The van der Waals surface area contributed by atoms with Crippen LogP contribution in [0.4, 0.5) is 4.79 Å². The van der Waals surface area contributed by atoms with Gasteiger partial charge in [-0.05, 0) is 85.4 Å². The lowest BCUT2D eigenvalue weighted by Gasteiger charge is -2.47. The lowest BCUT2D eigenvalue weighted by molar-refractivity contribution is -0.296. The fourth-order valence-corrected chi connectivity index (χ4v) is 10.6. The largest absolute Gasteiger partial charge is 0.458 e. The zero-order chi connectivity index (χ0) is 49.5. The predicted molar refractivity (Wildman–Crippen MR) is 249 cm³/mol. The van der Waals surface area contributed by atoms with Gasteiger partial charge in [0.25, 0.3) is 0 Å². The van der Waals surface area contributed by atoms with Crippen LogP contribution in [-0.4, -0.2) is 161 Å². The average molecular weight is 951 g/mol. The number of likely N-dealkylation sites (N-methyl/N-ethyl adjacent to an activating group) is 1. The fraction of sp³-hybridized carbons (Fsp3) is 0.714. The molecule has 13 atom stereocenters. The zero-order valence-corrected chi connectivity index (χ0v) is 41.5. The first-order valence-electron chi connectivity index (χ1n) is 24.3. The number of aromatic nitrogens is 6. The molecule has 0 spiro atoms. The van der Waals surface area contributed by atoms with Gasteiger partial charge in [-0.1, -0.05) is 32.9 Å². The number of pyridine rings is 1. The molecule has 3 saturated heterocycles. The number of rotatable bonds is 17. The number of aryl methyl sites for hydroxylation is 2. The minimum absolute atomic E-state index is 0.0588. The third-order valence-electron chi connectivity index (χ3n) is 14.6. The molecular formula is C49H74N8O11. The van der Waals surface area contributed by atoms with Crippen LogP contribution in [-0.2, 0) is 57.6 Å². The van der Waals surface area contributed by atoms with Gasteiger partial charge in [0.1, 0.15) is 23.9 Å². The van der Waals surface area contributed by atoms with E-state index >= 15 is 0 Å². The van der Waals surface area contributed by atoms with Gasteiger partial charge in [0.2, 0.25) is 0 Å². The number of carbonyl (C=O) groups excluding carboxylic acids is 4. The maximum absolute atomic E-state index is 14.9. The number of imidazole rings is 1. The number of Topliss-reactive ketones (excluding diaryl/α,β-unsaturated/α-hetero) is 2. The van der Waals surface area contributed by atoms with E-state index in [9.17, 15) is 29.4 Å². The first-order valence-corrected chi connectivity index (χ1v) is 24.3. The second kappa shape index (κ2) is 22.8. The van der Waals surface area contributed by atoms with Crippen LogP contribution < -0.4 is 0 Å². The van der Waals surface area contributed by atoms with E-state index in [0.29, 0.717) is 51.7 Å². The smallest absolute Gasteiger partial charge is 0.410 e. The van der Waals surface area contributed by atoms with Gasteiger partial charge >= 0.3 is 12.1 Å². The van der Waals surface area contributed by atoms with E-state index < -0.39 is 89.4 Å². The highest BCUT2D eigenvalue weighted by molar-refractivity contribution is 6.00. The van der Waals surface area contributed by atoms with Gasteiger partial charge in [-0.15, -0.1) is 5.10 Å². The Morgan fingerprint density at radius 1 is 0.985 bits per heavy atom. The molecule has 0 unspecified atom stereocenters. The van der Waals surface area contributed by atoms with Gasteiger partial charge < -0.3 is 48.3 Å². The Balaban J connectivity index is 1.22. The number of aliphatic hydroxyl groups is 2. The van der Waals surface area contributed by atoms with Crippen LogP contribution in [0.15, 0.2) is 43.2 Å². The Morgan fingerprint density at radius 3 is 2.43 bits per heavy atom. The van der Waals surface area contributed by atoms with Crippen molar-refractivity contribution in [3.63, 3.8) is 0 Å². The molecule has 3 aliphatic heterocycles. The van der Waals surface area contributed by atoms with Crippen LogP contribution in [0.1, 0.15) is 99.6 Å². The summed E-state index contributed by atoms with van der Waals surface area (Å²) >= 11 is 0. The number of unbranched alkanes of at least 4 members (excludes halogenated alkanes) is 1. The summed E-state index contributed by atoms with van der Waals surface area (Å²) < 4.78 is 35.4. The molecule has 6 heterocycles. The van der Waals surface area contributed by atoms with Gasteiger partial charge in [0.05, 0.1) is 41.6 Å². The lowest BCUT2D eigenvalue weighted by Crippen LogP contribution is -2.60. The maximum atomic E-state index is 14.9. The molecule has 6 rings (SSSR count). The van der Waals surface area contributed by atoms with Gasteiger partial charge in [-0.2, -0.15) is 0 Å². The van der Waals surface area contributed by atoms with Crippen LogP contribution in [0.2, 0.25) is 0 Å². The molecule has 2 N–H and O–H groups in total. The summed E-state index contributed by atoms with van der Waals surface area (Å²) in [6.45, 7) is 16.0. The zero-order valence-electron chi connectivity index (χ0n) is 41.5. The van der Waals surface area contributed by atoms with Crippen molar-refractivity contribution >= 4 is 23.6 Å². The number of hydrogen-bond acceptors (Lipinski definition) is 16. The quantitative estimate of drug-likeness (QED) is 0.108. The second-order valence-corrected chi connectivity index (χ2v) is 19.6. The molecule has 0 aliphatic carbocycles. The molecule has 0 aromatic carbocycles. The van der Waals surface area contributed by atoms with Gasteiger partial charge in [0.15, 0.2) is 17.7 Å². The van der Waals surface area contributed by atoms with E-state index in [2.05, 4.69) is 20.3 Å². The highest BCUT2D eigenvalue weighted by Gasteiger charge is 2.60. The molecule has 3 aromatic heterocycles. The predicted octanol–water partition coefficient (Wildman–Crippen LogP) is 4.52. The molecule has 3 aromatic rings. The number of ketones is 2. The van der Waals surface area contributed by atoms with Crippen LogP contribution >= 0.6 is 0 Å². The van der Waals surface area contributed by atoms with Crippen molar-refractivity contribution in [3.8, 4) is 11.3 Å². The second-order valence-electron chi connectivity index (χ2n) is 19.6. The summed E-state index contributed by atoms with van der Waals surface area (Å²) in [4.78, 5) is 69.9. The molecule has 3 fully saturated rings. The van der Waals surface area contributed by atoms with Crippen molar-refractivity contribution in [2.75, 3.05) is 33.9 Å². The van der Waals surface area contributed by atoms with E-state index in [1.54, 1.807) is 62.9 Å². The first-order chi connectivity index (χ1) is 32.3. The number of nitrogens with zero attached hydrogens (tertiary/aromatic N) is 8. The first kappa shape index (κ1) is 52.7. The maximum Gasteiger partial charge on any atom is 0.410 e. The summed E-state index contributed by atoms with van der Waals surface area (Å²) in [6.07, 6.45) is 6.87. The Kier molecular flexibility index (Phi) is 17.7. The van der Waals surface area contributed by atoms with Crippen LogP contribution in [0, 0.1) is 23.7 Å². The third-order valence-corrected chi connectivity index (χ3v) is 14.6. The molecule has 68 heavy (non-hydrogen) atoms. The molecule has 3 aliphatic rings. The minimum atomic E-state index is -1.43. The van der Waals surface area contributed by atoms with Gasteiger partial charge in [-0.25, -0.2) is 9.78 Å². The third kappa shape index (κ3) is 11.7. The standard InChI is InChI=1S/C49H74N8O11/c1-11-39-49(8)43(57(47(63)68-49)21-13-12-19-55-28-37(51-29-55)35-16-14-18-50-26-35)32(4)40(59)30(2)25-48(7,64-10)44(33(5)41(60)34(6)45(62)66-39)67-46-42(61)38(24-31(3)65-46)54(9)22-17-36-27-56(53-52-36)20-15-23-58/h14,16,18,26-34,38-39,42-44,46,58,61H,11-13,15,17,19-25H2,1-10H3/t30-,31-,32+,33+,34-,38+,39-,42-,43-,44-,46+,48-,49-/m1/s1. The van der Waals surface area contributed by atoms with Crippen LogP contribution in [0.3, 0.4) is 0 Å². The Labute approximate surface area is 400 Å². The molecule has 19 heteroatoms. The number of methoxy groups -OCH3 is 1. The van der Waals surface area contributed by atoms with Crippen molar-refractivity contribution in [2.24, 2.45) is 23.7 Å². The van der Waals surface area contributed by atoms with E-state index in [1.165, 1.54) is 14.0 Å². The number of aliphatic hydroxyl groups excluding tert-OH is 2. The Bertz CT molecular complexity index is 2160. The van der Waals surface area contributed by atoms with Crippen molar-refractivity contribution in [2.45, 2.75) is 167 Å². The molecule has 0 bridgehead atoms. The van der Waals surface area contributed by atoms with Crippen LogP contribution in [0.25, 0.3) is 11.3 Å². The normalized spacial score (nSPS) is 33.1. The molecule has 0 radical (unpaired) electrons. The summed E-state index contributed by atoms with van der Waals surface area (Å²) in [5.41, 5.74) is -0.266. The highest BCUT2D eigenvalue weighted by atomic mass is 16.7. The molecule has 1 amide bonds. The number of amides is 1. The lowest BCUT2D eigenvalue weighted by atomic mass is 9.73. The van der Waals surface area contributed by atoms with Crippen molar-refractivity contribution in [1.82, 2.24) is 39.3 Å². The summed E-state index contributed by atoms with van der Waals surface area (Å²) in [5.74, 6) is -5.19. The molecule has 0 saturated carbocycles. The monoisotopic (exact) mass is 951 g/mol. The number of fused-ring (bicyclic) bond motifs is 1. The van der Waals surface area contributed by atoms with Crippen molar-refractivity contribution < 1.29 is 53.1 Å². The topological polar surface area (TPSA) is 223 Å². The molecule has 376 valence electrons. The van der Waals surface area contributed by atoms with E-state index in [-0.39, 0.29) is 37.9 Å². The number of esters is 1. The van der Waals surface area contributed by atoms with Crippen molar-refractivity contribution in [1.29, 1.82) is 0 Å². The van der Waals surface area contributed by atoms with E-state index in [1.807, 2.05) is 54.9 Å². The summed E-state index contributed by atoms with van der Waals surface area (Å²) in [6, 6.07) is 2.58. The minimum Gasteiger partial charge on any atom is -0.458 e. The molecule has 19 nitrogen and oxygen atoms in total. The van der Waals surface area contributed by atoms with Gasteiger partial charge in [0, 0.05) is 100 Å². The van der Waals surface area contributed by atoms with Gasteiger partial charge in [-0.3, -0.25) is 24.0 Å². The van der Waals surface area contributed by atoms with Crippen LogP contribution in [0.5, 0.6) is 0 Å². The van der Waals surface area contributed by atoms with E-state index in [4.69, 9.17) is 23.7 Å². The van der Waals surface area contributed by atoms with E-state index in [0.717, 1.165) is 17.0 Å². The number of carbonyl (C=O) groups is 4. The SMILES string of the molecule is CC[C@H]1OC(=O)[C@H](C)C(=O)[C@H](C)[C@@H](O[C@@H]2O[C@H](C)C[C@H](N(C)CCc3cn(CCCO)nn3)[C@H]2O)[C@](C)(OC)C[C@@H](C)C(=O)[C@H](C)[C@H]2N(CCCCn3cnc(-c4cccnc4)c3)C(=O)O[C@]12C. The number of cyclic esters (lactones) is 1.